The van der Waals surface area contributed by atoms with E-state index in [1.54, 1.807) is 6.07 Å². The topological polar surface area (TPSA) is 58.2 Å². The van der Waals surface area contributed by atoms with Crippen molar-refractivity contribution in [2.24, 2.45) is 5.92 Å². The lowest BCUT2D eigenvalue weighted by Gasteiger charge is -2.22. The Bertz CT molecular complexity index is 503. The van der Waals surface area contributed by atoms with E-state index in [-0.39, 0.29) is 12.4 Å². The van der Waals surface area contributed by atoms with Gasteiger partial charge in [0.1, 0.15) is 4.21 Å². The summed E-state index contributed by atoms with van der Waals surface area (Å²) in [6.07, 6.45) is 3.31. The van der Waals surface area contributed by atoms with Crippen LogP contribution in [0.1, 0.15) is 29.7 Å². The number of halogens is 1. The van der Waals surface area contributed by atoms with Crippen molar-refractivity contribution in [2.75, 3.05) is 19.6 Å². The highest BCUT2D eigenvalue weighted by Gasteiger charge is 2.19. The van der Waals surface area contributed by atoms with E-state index >= 15 is 0 Å². The summed E-state index contributed by atoms with van der Waals surface area (Å²) in [5.41, 5.74) is 1.04. The van der Waals surface area contributed by atoms with Gasteiger partial charge >= 0.3 is 0 Å². The van der Waals surface area contributed by atoms with Gasteiger partial charge in [-0.05, 0) is 63.7 Å². The Kier molecular flexibility index (Phi) is 6.94. The van der Waals surface area contributed by atoms with E-state index in [1.807, 2.05) is 13.8 Å². The molecule has 20 heavy (non-hydrogen) atoms. The van der Waals surface area contributed by atoms with E-state index in [0.717, 1.165) is 30.0 Å². The Hall–Kier alpha value is -0.140. The summed E-state index contributed by atoms with van der Waals surface area (Å²) in [6.45, 7) is 6.53. The van der Waals surface area contributed by atoms with Crippen molar-refractivity contribution in [3.05, 3.63) is 16.5 Å². The van der Waals surface area contributed by atoms with Crippen molar-refractivity contribution in [1.29, 1.82) is 0 Å². The molecule has 2 heterocycles. The van der Waals surface area contributed by atoms with Crippen LogP contribution in [-0.2, 0) is 10.0 Å². The summed E-state index contributed by atoms with van der Waals surface area (Å²) in [5, 5.41) is 3.35. The Morgan fingerprint density at radius 2 is 2.20 bits per heavy atom. The van der Waals surface area contributed by atoms with Gasteiger partial charge in [-0.3, -0.25) is 0 Å². The second kappa shape index (κ2) is 7.75. The molecule has 0 saturated carbocycles. The molecule has 1 saturated heterocycles. The molecule has 1 unspecified atom stereocenters. The minimum atomic E-state index is -3.31. The molecule has 1 aromatic rings. The zero-order valence-electron chi connectivity index (χ0n) is 11.9. The van der Waals surface area contributed by atoms with Crippen LogP contribution in [0.25, 0.3) is 0 Å². The van der Waals surface area contributed by atoms with Gasteiger partial charge in [-0.2, -0.15) is 0 Å². The predicted molar refractivity (Wildman–Crippen MR) is 86.4 cm³/mol. The third-order valence-electron chi connectivity index (χ3n) is 3.65. The highest BCUT2D eigenvalue weighted by atomic mass is 35.5. The van der Waals surface area contributed by atoms with Gasteiger partial charge in [-0.1, -0.05) is 0 Å². The van der Waals surface area contributed by atoms with Crippen LogP contribution in [0.2, 0.25) is 0 Å². The van der Waals surface area contributed by atoms with Crippen LogP contribution in [0.15, 0.2) is 10.3 Å². The summed E-state index contributed by atoms with van der Waals surface area (Å²) in [6, 6.07) is 1.75. The van der Waals surface area contributed by atoms with E-state index in [4.69, 9.17) is 0 Å². The SMILES string of the molecule is Cc1cc(S(=O)(=O)NCCC2CCCNC2)sc1C.Cl. The third kappa shape index (κ3) is 4.70. The number of hydrogen-bond donors (Lipinski definition) is 2. The molecule has 0 amide bonds. The Morgan fingerprint density at radius 1 is 1.45 bits per heavy atom. The number of thiophene rings is 1. The molecule has 0 radical (unpaired) electrons. The number of hydrogen-bond acceptors (Lipinski definition) is 4. The lowest BCUT2D eigenvalue weighted by Crippen LogP contribution is -2.33. The molecule has 0 aromatic carbocycles. The van der Waals surface area contributed by atoms with Crippen molar-refractivity contribution < 1.29 is 8.42 Å². The van der Waals surface area contributed by atoms with Crippen molar-refractivity contribution in [1.82, 2.24) is 10.0 Å². The normalized spacial score (nSPS) is 19.6. The van der Waals surface area contributed by atoms with E-state index in [0.29, 0.717) is 16.7 Å². The van der Waals surface area contributed by atoms with Crippen LogP contribution < -0.4 is 10.0 Å². The molecule has 7 heteroatoms. The first-order valence-electron chi connectivity index (χ1n) is 6.76. The molecule has 1 aromatic heterocycles. The van der Waals surface area contributed by atoms with Crippen LogP contribution in [0.5, 0.6) is 0 Å². The monoisotopic (exact) mass is 338 g/mol. The van der Waals surface area contributed by atoms with Crippen LogP contribution in [0.4, 0.5) is 0 Å². The fourth-order valence-corrected chi connectivity index (χ4v) is 4.92. The van der Waals surface area contributed by atoms with E-state index in [2.05, 4.69) is 10.0 Å². The number of rotatable bonds is 5. The second-order valence-corrected chi connectivity index (χ2v) is 8.45. The molecule has 1 aliphatic heterocycles. The maximum absolute atomic E-state index is 12.1. The molecule has 0 spiro atoms. The van der Waals surface area contributed by atoms with Crippen LogP contribution in [-0.4, -0.2) is 28.1 Å². The molecule has 0 aliphatic carbocycles. The fraction of sp³-hybridized carbons (Fsp3) is 0.692. The van der Waals surface area contributed by atoms with Gasteiger partial charge in [-0.25, -0.2) is 13.1 Å². The Labute approximate surface area is 131 Å². The maximum Gasteiger partial charge on any atom is 0.250 e. The predicted octanol–water partition coefficient (Wildman–Crippen LogP) is 2.45. The molecule has 2 rings (SSSR count). The highest BCUT2D eigenvalue weighted by Crippen LogP contribution is 2.24. The molecule has 1 atom stereocenters. The van der Waals surface area contributed by atoms with E-state index < -0.39 is 10.0 Å². The van der Waals surface area contributed by atoms with Gasteiger partial charge in [0.2, 0.25) is 10.0 Å². The first-order chi connectivity index (χ1) is 8.99. The van der Waals surface area contributed by atoms with Gasteiger partial charge in [0.05, 0.1) is 0 Å². The largest absolute Gasteiger partial charge is 0.316 e. The van der Waals surface area contributed by atoms with E-state index in [1.165, 1.54) is 24.2 Å². The zero-order chi connectivity index (χ0) is 13.9. The van der Waals surface area contributed by atoms with Crippen LogP contribution in [0, 0.1) is 19.8 Å². The van der Waals surface area contributed by atoms with Crippen LogP contribution in [0.3, 0.4) is 0 Å². The van der Waals surface area contributed by atoms with Gasteiger partial charge in [0.25, 0.3) is 0 Å². The Morgan fingerprint density at radius 3 is 2.75 bits per heavy atom. The summed E-state index contributed by atoms with van der Waals surface area (Å²) in [4.78, 5) is 1.07. The van der Waals surface area contributed by atoms with Crippen molar-refractivity contribution in [3.8, 4) is 0 Å². The number of aryl methyl sites for hydroxylation is 2. The first kappa shape index (κ1) is 17.9. The molecule has 2 N–H and O–H groups in total. The average Bonchev–Trinajstić information content (AvgIpc) is 2.72. The average molecular weight is 339 g/mol. The second-order valence-electron chi connectivity index (χ2n) is 5.20. The quantitative estimate of drug-likeness (QED) is 0.867. The Balaban J connectivity index is 0.00000200. The smallest absolute Gasteiger partial charge is 0.250 e. The highest BCUT2D eigenvalue weighted by molar-refractivity contribution is 7.91. The van der Waals surface area contributed by atoms with Gasteiger partial charge in [0.15, 0.2) is 0 Å². The number of piperidine rings is 1. The molecular weight excluding hydrogens is 316 g/mol. The maximum atomic E-state index is 12.1. The standard InChI is InChI=1S/C13H22N2O2S2.ClH/c1-10-8-13(18-11(10)2)19(16,17)15-7-5-12-4-3-6-14-9-12;/h8,12,14-15H,3-7,9H2,1-2H3;1H. The zero-order valence-corrected chi connectivity index (χ0v) is 14.4. The summed E-state index contributed by atoms with van der Waals surface area (Å²) < 4.78 is 27.4. The van der Waals surface area contributed by atoms with Crippen LogP contribution >= 0.6 is 23.7 Å². The van der Waals surface area contributed by atoms with Gasteiger partial charge in [-0.15, -0.1) is 23.7 Å². The number of sulfonamides is 1. The molecule has 0 bridgehead atoms. The molecule has 116 valence electrons. The summed E-state index contributed by atoms with van der Waals surface area (Å²) >= 11 is 1.34. The minimum absolute atomic E-state index is 0. The lowest BCUT2D eigenvalue weighted by molar-refractivity contribution is 0.358. The third-order valence-corrected chi connectivity index (χ3v) is 6.74. The van der Waals surface area contributed by atoms with Gasteiger partial charge < -0.3 is 5.32 Å². The summed E-state index contributed by atoms with van der Waals surface area (Å²) in [7, 11) is -3.31. The molecule has 1 fully saturated rings. The molecule has 1 aliphatic rings. The van der Waals surface area contributed by atoms with Crippen molar-refractivity contribution in [2.45, 2.75) is 37.3 Å². The first-order valence-corrected chi connectivity index (χ1v) is 9.06. The minimum Gasteiger partial charge on any atom is -0.316 e. The summed E-state index contributed by atoms with van der Waals surface area (Å²) in [5.74, 6) is 0.600. The number of nitrogens with one attached hydrogen (secondary N) is 2. The van der Waals surface area contributed by atoms with Crippen molar-refractivity contribution in [3.63, 3.8) is 0 Å². The molecule has 4 nitrogen and oxygen atoms in total. The fourth-order valence-electron chi connectivity index (χ4n) is 2.31. The molecular formula is C13H23ClN2O2S2. The van der Waals surface area contributed by atoms with Crippen molar-refractivity contribution >= 4 is 33.8 Å². The van der Waals surface area contributed by atoms with Gasteiger partial charge in [0, 0.05) is 11.4 Å². The lowest BCUT2D eigenvalue weighted by atomic mass is 9.96. The van der Waals surface area contributed by atoms with E-state index in [9.17, 15) is 8.42 Å².